The summed E-state index contributed by atoms with van der Waals surface area (Å²) in [6.45, 7) is 0. The summed E-state index contributed by atoms with van der Waals surface area (Å²) < 4.78 is 39.2. The van der Waals surface area contributed by atoms with Crippen LogP contribution in [0.3, 0.4) is 0 Å². The van der Waals surface area contributed by atoms with Crippen LogP contribution in [0.4, 0.5) is 0 Å². The molecule has 0 unspecified atom stereocenters. The second-order valence-electron chi connectivity index (χ2n) is 2.44. The Bertz CT molecular complexity index is 468. The van der Waals surface area contributed by atoms with Crippen LogP contribution in [0.25, 0.3) is 0 Å². The molecule has 0 aliphatic rings. The highest BCUT2D eigenvalue weighted by Gasteiger charge is 2.07. The molecular weight excluding hydrogens is 327 g/mol. The average molecular weight is 335 g/mol. The number of hydrogen-bond acceptors (Lipinski definition) is 3. The molecule has 0 saturated heterocycles. The van der Waals surface area contributed by atoms with E-state index in [2.05, 4.69) is 15.9 Å². The maximum Gasteiger partial charge on any atom is 0.466 e. The summed E-state index contributed by atoms with van der Waals surface area (Å²) in [5.74, 6) is 0. The van der Waals surface area contributed by atoms with E-state index in [1.807, 2.05) is 0 Å². The lowest BCUT2D eigenvalue weighted by atomic mass is 10.4. The molecule has 1 aromatic rings. The first-order valence-corrected chi connectivity index (χ1v) is 7.31. The lowest BCUT2D eigenvalue weighted by Crippen LogP contribution is -1.96. The molecule has 1 rings (SSSR count). The molecule has 0 bridgehead atoms. The Morgan fingerprint density at radius 1 is 1.06 bits per heavy atom. The van der Waals surface area contributed by atoms with Crippen molar-refractivity contribution in [3.63, 3.8) is 0 Å². The van der Waals surface area contributed by atoms with Gasteiger partial charge in [0, 0.05) is 4.47 Å². The van der Waals surface area contributed by atoms with Gasteiger partial charge in [-0.2, -0.15) is 8.42 Å². The van der Waals surface area contributed by atoms with E-state index < -0.39 is 17.9 Å². The third-order valence-electron chi connectivity index (χ3n) is 1.11. The van der Waals surface area contributed by atoms with Crippen molar-refractivity contribution < 1.29 is 32.2 Å². The molecular formula is C6H8BrO7PS. The summed E-state index contributed by atoms with van der Waals surface area (Å²) in [5, 5.41) is 0. The quantitative estimate of drug-likeness (QED) is 0.440. The van der Waals surface area contributed by atoms with Gasteiger partial charge in [0.1, 0.15) is 0 Å². The van der Waals surface area contributed by atoms with Crippen molar-refractivity contribution in [1.29, 1.82) is 0 Å². The lowest BCUT2D eigenvalue weighted by molar-refractivity contribution is 0.275. The number of phosphoric acid groups is 1. The van der Waals surface area contributed by atoms with Crippen molar-refractivity contribution in [2.24, 2.45) is 0 Å². The SMILES string of the molecule is O=P(O)(O)O.O=S(=O)(O)c1ccc(Br)cc1. The molecule has 0 atom stereocenters. The van der Waals surface area contributed by atoms with Gasteiger partial charge < -0.3 is 14.7 Å². The Kier molecular flexibility index (Phi) is 5.77. The van der Waals surface area contributed by atoms with Gasteiger partial charge in [0.05, 0.1) is 4.90 Å². The number of halogens is 1. The van der Waals surface area contributed by atoms with Crippen LogP contribution in [0.2, 0.25) is 0 Å². The molecule has 7 nitrogen and oxygen atoms in total. The van der Waals surface area contributed by atoms with Crippen molar-refractivity contribution in [2.75, 3.05) is 0 Å². The van der Waals surface area contributed by atoms with Crippen LogP contribution >= 0.6 is 23.8 Å². The summed E-state index contributed by atoms with van der Waals surface area (Å²) in [5.41, 5.74) is 0. The zero-order valence-electron chi connectivity index (χ0n) is 7.56. The van der Waals surface area contributed by atoms with E-state index >= 15 is 0 Å². The molecule has 92 valence electrons. The third kappa shape index (κ3) is 8.98. The summed E-state index contributed by atoms with van der Waals surface area (Å²) in [4.78, 5) is 21.5. The highest BCUT2D eigenvalue weighted by molar-refractivity contribution is 9.10. The number of benzene rings is 1. The molecule has 16 heavy (non-hydrogen) atoms. The average Bonchev–Trinajstić information content (AvgIpc) is 1.99. The zero-order valence-corrected chi connectivity index (χ0v) is 10.9. The second kappa shape index (κ2) is 5.87. The third-order valence-corrected chi connectivity index (χ3v) is 2.51. The molecule has 0 radical (unpaired) electrons. The van der Waals surface area contributed by atoms with Gasteiger partial charge in [-0.3, -0.25) is 4.55 Å². The fourth-order valence-corrected chi connectivity index (χ4v) is 1.35. The van der Waals surface area contributed by atoms with E-state index in [4.69, 9.17) is 23.8 Å². The summed E-state index contributed by atoms with van der Waals surface area (Å²) in [6, 6.07) is 5.73. The van der Waals surface area contributed by atoms with Crippen LogP contribution in [-0.2, 0) is 14.7 Å². The van der Waals surface area contributed by atoms with Gasteiger partial charge in [-0.15, -0.1) is 0 Å². The predicted molar refractivity (Wildman–Crippen MR) is 58.2 cm³/mol. The van der Waals surface area contributed by atoms with Crippen LogP contribution in [0.1, 0.15) is 0 Å². The van der Waals surface area contributed by atoms with Crippen molar-refractivity contribution in [1.82, 2.24) is 0 Å². The molecule has 0 amide bonds. The van der Waals surface area contributed by atoms with Gasteiger partial charge in [0.15, 0.2) is 0 Å². The van der Waals surface area contributed by atoms with Gasteiger partial charge in [0.25, 0.3) is 10.1 Å². The van der Waals surface area contributed by atoms with Gasteiger partial charge in [-0.1, -0.05) is 15.9 Å². The molecule has 0 saturated carbocycles. The van der Waals surface area contributed by atoms with Crippen molar-refractivity contribution >= 4 is 33.9 Å². The first-order valence-electron chi connectivity index (χ1n) is 3.51. The fourth-order valence-electron chi connectivity index (χ4n) is 0.607. The van der Waals surface area contributed by atoms with E-state index in [-0.39, 0.29) is 4.90 Å². The largest absolute Gasteiger partial charge is 0.466 e. The summed E-state index contributed by atoms with van der Waals surface area (Å²) in [6.07, 6.45) is 0. The molecule has 10 heteroatoms. The smallest absolute Gasteiger partial charge is 0.303 e. The summed E-state index contributed by atoms with van der Waals surface area (Å²) >= 11 is 3.14. The van der Waals surface area contributed by atoms with Crippen LogP contribution in [0, 0.1) is 0 Å². The highest BCUT2D eigenvalue weighted by atomic mass is 79.9. The summed E-state index contributed by atoms with van der Waals surface area (Å²) in [7, 11) is -8.68. The lowest BCUT2D eigenvalue weighted by Gasteiger charge is -1.94. The van der Waals surface area contributed by atoms with Crippen LogP contribution < -0.4 is 0 Å². The minimum atomic E-state index is -4.64. The standard InChI is InChI=1S/C6H5BrO3S.H3O4P/c7-5-1-3-6(4-2-5)11(8,9)10;1-5(2,3)4/h1-4H,(H,8,9,10);(H3,1,2,3,4). The van der Waals surface area contributed by atoms with Crippen molar-refractivity contribution in [2.45, 2.75) is 4.90 Å². The maximum absolute atomic E-state index is 10.5. The zero-order chi connectivity index (χ0) is 13.0. The Hall–Kier alpha value is -0.280. The molecule has 1 aromatic carbocycles. The monoisotopic (exact) mass is 334 g/mol. The van der Waals surface area contributed by atoms with E-state index in [1.54, 1.807) is 12.1 Å². The molecule has 0 heterocycles. The van der Waals surface area contributed by atoms with Gasteiger partial charge in [-0.05, 0) is 24.3 Å². The topological polar surface area (TPSA) is 132 Å². The molecule has 0 aliphatic carbocycles. The van der Waals surface area contributed by atoms with E-state index in [0.717, 1.165) is 4.47 Å². The highest BCUT2D eigenvalue weighted by Crippen LogP contribution is 2.25. The number of hydrogen-bond donors (Lipinski definition) is 4. The first-order chi connectivity index (χ1) is 7.00. The second-order valence-corrected chi connectivity index (χ2v) is 5.81. The Morgan fingerprint density at radius 3 is 1.62 bits per heavy atom. The van der Waals surface area contributed by atoms with Gasteiger partial charge in [-0.25, -0.2) is 4.57 Å². The maximum atomic E-state index is 10.5. The van der Waals surface area contributed by atoms with Crippen LogP contribution in [-0.4, -0.2) is 27.7 Å². The molecule has 0 aliphatic heterocycles. The van der Waals surface area contributed by atoms with Gasteiger partial charge >= 0.3 is 7.82 Å². The first kappa shape index (κ1) is 15.7. The number of rotatable bonds is 1. The molecule has 4 N–H and O–H groups in total. The van der Waals surface area contributed by atoms with Crippen LogP contribution in [0.5, 0.6) is 0 Å². The Labute approximate surface area is 99.9 Å². The van der Waals surface area contributed by atoms with E-state index in [9.17, 15) is 8.42 Å². The minimum Gasteiger partial charge on any atom is -0.303 e. The fraction of sp³-hybridized carbons (Fsp3) is 0. The molecule has 0 spiro atoms. The predicted octanol–water partition coefficient (Wildman–Crippen LogP) is 0.767. The Balaban J connectivity index is 0.000000385. The van der Waals surface area contributed by atoms with Gasteiger partial charge in [0.2, 0.25) is 0 Å². The van der Waals surface area contributed by atoms with E-state index in [0.29, 0.717) is 0 Å². The van der Waals surface area contributed by atoms with Crippen molar-refractivity contribution in [3.8, 4) is 0 Å². The molecule has 0 fully saturated rings. The minimum absolute atomic E-state index is 0.0966. The molecule has 0 aromatic heterocycles. The van der Waals surface area contributed by atoms with E-state index in [1.165, 1.54) is 12.1 Å². The Morgan fingerprint density at radius 2 is 1.38 bits per heavy atom. The normalized spacial score (nSPS) is 11.6. The van der Waals surface area contributed by atoms with Crippen LogP contribution in [0.15, 0.2) is 33.6 Å². The van der Waals surface area contributed by atoms with Crippen molar-refractivity contribution in [3.05, 3.63) is 28.7 Å².